The Morgan fingerprint density at radius 3 is 2.44 bits per heavy atom. The highest BCUT2D eigenvalue weighted by atomic mass is 16.1. The summed E-state index contributed by atoms with van der Waals surface area (Å²) in [4.78, 5) is 19.1. The second kappa shape index (κ2) is 4.41. The first-order valence-electron chi connectivity index (χ1n) is 6.06. The molecular weight excluding hydrogens is 224 g/mol. The summed E-state index contributed by atoms with van der Waals surface area (Å²) in [7, 11) is 0. The highest BCUT2D eigenvalue weighted by molar-refractivity contribution is 5.62. The lowest BCUT2D eigenvalue weighted by atomic mass is 9.95. The molecule has 0 bridgehead atoms. The van der Waals surface area contributed by atoms with E-state index in [-0.39, 0.29) is 11.0 Å². The van der Waals surface area contributed by atoms with Crippen LogP contribution in [-0.4, -0.2) is 9.97 Å². The van der Waals surface area contributed by atoms with Crippen molar-refractivity contribution in [2.75, 3.05) is 0 Å². The minimum absolute atomic E-state index is 0.104. The van der Waals surface area contributed by atoms with Crippen molar-refractivity contribution in [1.82, 2.24) is 9.97 Å². The quantitative estimate of drug-likeness (QED) is 0.835. The zero-order chi connectivity index (χ0) is 13.3. The molecule has 0 radical (unpaired) electrons. The Morgan fingerprint density at radius 1 is 1.17 bits per heavy atom. The summed E-state index contributed by atoms with van der Waals surface area (Å²) in [5.74, 6) is 0.716. The summed E-state index contributed by atoms with van der Waals surface area (Å²) in [6, 6.07) is 9.51. The number of aromatic amines is 1. The molecule has 0 spiro atoms. The number of hydrogen-bond donors (Lipinski definition) is 1. The highest BCUT2D eigenvalue weighted by Crippen LogP contribution is 2.23. The number of aromatic nitrogens is 2. The van der Waals surface area contributed by atoms with E-state index in [9.17, 15) is 4.79 Å². The molecule has 2 rings (SSSR count). The molecule has 1 aromatic heterocycles. The van der Waals surface area contributed by atoms with E-state index in [1.54, 1.807) is 6.07 Å². The molecule has 0 saturated heterocycles. The van der Waals surface area contributed by atoms with Gasteiger partial charge in [-0.2, -0.15) is 0 Å². The number of rotatable bonds is 1. The lowest BCUT2D eigenvalue weighted by Gasteiger charge is -2.18. The SMILES string of the molecule is Cc1ccccc1-c1cc(=O)[nH]c(C(C)(C)C)n1. The van der Waals surface area contributed by atoms with Crippen molar-refractivity contribution >= 4 is 0 Å². The first-order valence-corrected chi connectivity index (χ1v) is 6.06. The maximum atomic E-state index is 11.7. The van der Waals surface area contributed by atoms with Gasteiger partial charge in [0.05, 0.1) is 5.69 Å². The first-order chi connectivity index (χ1) is 8.38. The Labute approximate surface area is 107 Å². The molecule has 18 heavy (non-hydrogen) atoms. The van der Waals surface area contributed by atoms with Crippen LogP contribution in [0.4, 0.5) is 0 Å². The van der Waals surface area contributed by atoms with E-state index >= 15 is 0 Å². The smallest absolute Gasteiger partial charge is 0.251 e. The Balaban J connectivity index is 2.63. The molecule has 94 valence electrons. The first kappa shape index (κ1) is 12.6. The van der Waals surface area contributed by atoms with Crippen LogP contribution in [-0.2, 0) is 5.41 Å². The van der Waals surface area contributed by atoms with Crippen LogP contribution in [0.3, 0.4) is 0 Å². The van der Waals surface area contributed by atoms with Gasteiger partial charge in [-0.3, -0.25) is 4.79 Å². The van der Waals surface area contributed by atoms with Gasteiger partial charge in [-0.1, -0.05) is 45.0 Å². The van der Waals surface area contributed by atoms with Crippen LogP contribution in [0.5, 0.6) is 0 Å². The zero-order valence-electron chi connectivity index (χ0n) is 11.2. The fourth-order valence-electron chi connectivity index (χ4n) is 1.81. The van der Waals surface area contributed by atoms with Gasteiger partial charge in [-0.25, -0.2) is 4.98 Å². The van der Waals surface area contributed by atoms with E-state index in [0.717, 1.165) is 16.8 Å². The number of nitrogens with one attached hydrogen (secondary N) is 1. The Bertz CT molecular complexity index is 621. The monoisotopic (exact) mass is 242 g/mol. The number of H-pyrrole nitrogens is 1. The lowest BCUT2D eigenvalue weighted by Crippen LogP contribution is -2.22. The fourth-order valence-corrected chi connectivity index (χ4v) is 1.81. The van der Waals surface area contributed by atoms with E-state index in [0.29, 0.717) is 5.82 Å². The Kier molecular flexibility index (Phi) is 3.07. The van der Waals surface area contributed by atoms with Gasteiger partial charge in [0.15, 0.2) is 0 Å². The molecule has 3 nitrogen and oxygen atoms in total. The molecule has 0 atom stereocenters. The lowest BCUT2D eigenvalue weighted by molar-refractivity contribution is 0.543. The number of aryl methyl sites for hydroxylation is 1. The van der Waals surface area contributed by atoms with Crippen LogP contribution >= 0.6 is 0 Å². The molecule has 3 heteroatoms. The number of benzene rings is 1. The van der Waals surface area contributed by atoms with Crippen molar-refractivity contribution in [2.45, 2.75) is 33.1 Å². The summed E-state index contributed by atoms with van der Waals surface area (Å²) in [5.41, 5.74) is 2.59. The minimum Gasteiger partial charge on any atom is -0.310 e. The Hall–Kier alpha value is -1.90. The summed E-state index contributed by atoms with van der Waals surface area (Å²) < 4.78 is 0. The van der Waals surface area contributed by atoms with Crippen LogP contribution in [0.25, 0.3) is 11.3 Å². The van der Waals surface area contributed by atoms with Crippen LogP contribution in [0, 0.1) is 6.92 Å². The normalized spacial score (nSPS) is 11.6. The minimum atomic E-state index is -0.169. The van der Waals surface area contributed by atoms with Crippen molar-refractivity contribution in [3.8, 4) is 11.3 Å². The number of nitrogens with zero attached hydrogens (tertiary/aromatic N) is 1. The predicted octanol–water partition coefficient (Wildman–Crippen LogP) is 3.04. The van der Waals surface area contributed by atoms with E-state index in [1.807, 2.05) is 52.0 Å². The van der Waals surface area contributed by atoms with Crippen molar-refractivity contribution in [2.24, 2.45) is 0 Å². The van der Waals surface area contributed by atoms with Crippen LogP contribution < -0.4 is 5.56 Å². The van der Waals surface area contributed by atoms with E-state index in [4.69, 9.17) is 0 Å². The van der Waals surface area contributed by atoms with Gasteiger partial charge >= 0.3 is 0 Å². The maximum absolute atomic E-state index is 11.7. The second-order valence-electron chi connectivity index (χ2n) is 5.54. The van der Waals surface area contributed by atoms with Crippen LogP contribution in [0.1, 0.15) is 32.2 Å². The molecule has 1 heterocycles. The molecule has 0 fully saturated rings. The topological polar surface area (TPSA) is 45.8 Å². The highest BCUT2D eigenvalue weighted by Gasteiger charge is 2.18. The van der Waals surface area contributed by atoms with Crippen LogP contribution in [0.2, 0.25) is 0 Å². The van der Waals surface area contributed by atoms with E-state index in [1.165, 1.54) is 0 Å². The molecule has 2 aromatic rings. The summed E-state index contributed by atoms with van der Waals surface area (Å²) in [6.07, 6.45) is 0. The van der Waals surface area contributed by atoms with Crippen LogP contribution in [0.15, 0.2) is 35.1 Å². The van der Waals surface area contributed by atoms with Crippen molar-refractivity contribution < 1.29 is 0 Å². The van der Waals surface area contributed by atoms with Crippen molar-refractivity contribution in [3.63, 3.8) is 0 Å². The predicted molar refractivity (Wildman–Crippen MR) is 73.7 cm³/mol. The van der Waals surface area contributed by atoms with Gasteiger partial charge in [0.2, 0.25) is 0 Å². The third-order valence-electron chi connectivity index (χ3n) is 2.87. The van der Waals surface area contributed by atoms with E-state index in [2.05, 4.69) is 9.97 Å². The number of hydrogen-bond acceptors (Lipinski definition) is 2. The maximum Gasteiger partial charge on any atom is 0.251 e. The average Bonchev–Trinajstić information content (AvgIpc) is 2.27. The standard InChI is InChI=1S/C15H18N2O/c1-10-7-5-6-8-11(10)12-9-13(18)17-14(16-12)15(2,3)4/h5-9H,1-4H3,(H,16,17,18). The second-order valence-corrected chi connectivity index (χ2v) is 5.54. The fraction of sp³-hybridized carbons (Fsp3) is 0.333. The largest absolute Gasteiger partial charge is 0.310 e. The molecule has 1 aromatic carbocycles. The summed E-state index contributed by atoms with van der Waals surface area (Å²) in [5, 5.41) is 0. The van der Waals surface area contributed by atoms with E-state index < -0.39 is 0 Å². The molecule has 0 amide bonds. The Morgan fingerprint density at radius 2 is 1.83 bits per heavy atom. The average molecular weight is 242 g/mol. The van der Waals surface area contributed by atoms with Crippen molar-refractivity contribution in [1.29, 1.82) is 0 Å². The molecule has 0 aliphatic rings. The van der Waals surface area contributed by atoms with Gasteiger partial charge < -0.3 is 4.98 Å². The zero-order valence-corrected chi connectivity index (χ0v) is 11.2. The summed E-state index contributed by atoms with van der Waals surface area (Å²) >= 11 is 0. The van der Waals surface area contributed by atoms with Crippen molar-refractivity contribution in [3.05, 3.63) is 52.1 Å². The third kappa shape index (κ3) is 2.50. The molecular formula is C15H18N2O. The van der Waals surface area contributed by atoms with Gasteiger partial charge in [0.1, 0.15) is 5.82 Å². The van der Waals surface area contributed by atoms with Gasteiger partial charge in [0, 0.05) is 17.0 Å². The van der Waals surface area contributed by atoms with Gasteiger partial charge in [-0.05, 0) is 12.5 Å². The van der Waals surface area contributed by atoms with Gasteiger partial charge in [0.25, 0.3) is 5.56 Å². The van der Waals surface area contributed by atoms with Gasteiger partial charge in [-0.15, -0.1) is 0 Å². The summed E-state index contributed by atoms with van der Waals surface area (Å²) in [6.45, 7) is 8.13. The molecule has 1 N–H and O–H groups in total. The molecule has 0 aliphatic carbocycles. The third-order valence-corrected chi connectivity index (χ3v) is 2.87. The molecule has 0 aliphatic heterocycles. The molecule has 0 saturated carbocycles. The molecule has 0 unspecified atom stereocenters.